The van der Waals surface area contributed by atoms with Crippen LogP contribution in [0, 0.1) is 16.0 Å². The second-order valence-electron chi connectivity index (χ2n) is 5.19. The van der Waals surface area contributed by atoms with Crippen molar-refractivity contribution in [3.63, 3.8) is 0 Å². The number of carbonyl (C=O) groups is 1. The first-order chi connectivity index (χ1) is 9.99. The average Bonchev–Trinajstić information content (AvgIpc) is 2.47. The molecular formula is C14H17ClN2O4. The number of halogens is 1. The molecule has 7 heteroatoms. The summed E-state index contributed by atoms with van der Waals surface area (Å²) in [7, 11) is 1.71. The predicted octanol–water partition coefficient (Wildman–Crippen LogP) is 2.75. The van der Waals surface area contributed by atoms with Crippen molar-refractivity contribution in [2.24, 2.45) is 5.92 Å². The maximum absolute atomic E-state index is 12.3. The van der Waals surface area contributed by atoms with Gasteiger partial charge in [-0.1, -0.05) is 11.6 Å². The number of hydrogen-bond acceptors (Lipinski definition) is 4. The summed E-state index contributed by atoms with van der Waals surface area (Å²) in [6.07, 6.45) is 2.05. The Bertz CT molecular complexity index is 544. The van der Waals surface area contributed by atoms with Crippen molar-refractivity contribution in [1.29, 1.82) is 0 Å². The topological polar surface area (TPSA) is 72.7 Å². The Morgan fingerprint density at radius 1 is 1.57 bits per heavy atom. The zero-order valence-electron chi connectivity index (χ0n) is 11.8. The highest BCUT2D eigenvalue weighted by atomic mass is 35.5. The Labute approximate surface area is 127 Å². The van der Waals surface area contributed by atoms with Gasteiger partial charge in [-0.15, -0.1) is 0 Å². The molecule has 1 unspecified atom stereocenters. The summed E-state index contributed by atoms with van der Waals surface area (Å²) in [5.74, 6) is 0.138. The molecule has 1 atom stereocenters. The molecule has 21 heavy (non-hydrogen) atoms. The van der Waals surface area contributed by atoms with Gasteiger partial charge in [-0.2, -0.15) is 0 Å². The average molecular weight is 313 g/mol. The van der Waals surface area contributed by atoms with Gasteiger partial charge in [-0.3, -0.25) is 14.9 Å². The van der Waals surface area contributed by atoms with Gasteiger partial charge in [0.25, 0.3) is 11.6 Å². The summed E-state index contributed by atoms with van der Waals surface area (Å²) in [5.41, 5.74) is 0.154. The molecule has 6 nitrogen and oxygen atoms in total. The predicted molar refractivity (Wildman–Crippen MR) is 78.6 cm³/mol. The molecule has 0 spiro atoms. The smallest absolute Gasteiger partial charge is 0.287 e. The molecule has 1 fully saturated rings. The molecule has 1 aliphatic heterocycles. The molecule has 1 amide bonds. The first-order valence-corrected chi connectivity index (χ1v) is 7.14. The normalized spacial score (nSPS) is 18.3. The molecule has 0 radical (unpaired) electrons. The van der Waals surface area contributed by atoms with E-state index in [0.717, 1.165) is 19.4 Å². The molecule has 0 aliphatic carbocycles. The number of amides is 1. The summed E-state index contributed by atoms with van der Waals surface area (Å²) < 4.78 is 5.40. The lowest BCUT2D eigenvalue weighted by atomic mass is 10.0. The molecule has 0 aromatic heterocycles. The summed E-state index contributed by atoms with van der Waals surface area (Å²) in [6.45, 7) is 2.05. The van der Waals surface area contributed by atoms with Gasteiger partial charge in [0.15, 0.2) is 0 Å². The molecular weight excluding hydrogens is 296 g/mol. The van der Waals surface area contributed by atoms with E-state index in [4.69, 9.17) is 16.3 Å². The molecule has 1 saturated heterocycles. The fourth-order valence-corrected chi connectivity index (χ4v) is 2.68. The van der Waals surface area contributed by atoms with E-state index < -0.39 is 4.92 Å². The standard InChI is InChI=1S/C14H17ClN2O4/c1-16(8-10-3-2-6-21-9-10)14(18)11-4-5-13(17(19)20)12(15)7-11/h4-5,7,10H,2-3,6,8-9H2,1H3. The van der Waals surface area contributed by atoms with Crippen LogP contribution in [-0.4, -0.2) is 42.5 Å². The van der Waals surface area contributed by atoms with Gasteiger partial charge in [0.2, 0.25) is 0 Å². The van der Waals surface area contributed by atoms with Gasteiger partial charge in [-0.05, 0) is 30.9 Å². The van der Waals surface area contributed by atoms with Crippen LogP contribution in [0.2, 0.25) is 5.02 Å². The summed E-state index contributed by atoms with van der Waals surface area (Å²) >= 11 is 5.83. The summed E-state index contributed by atoms with van der Waals surface area (Å²) in [5, 5.41) is 10.7. The van der Waals surface area contributed by atoms with Gasteiger partial charge in [0, 0.05) is 31.8 Å². The first kappa shape index (κ1) is 15.7. The van der Waals surface area contributed by atoms with Crippen LogP contribution in [0.25, 0.3) is 0 Å². The number of carbonyl (C=O) groups excluding carboxylic acids is 1. The van der Waals surface area contributed by atoms with Crippen LogP contribution < -0.4 is 0 Å². The highest BCUT2D eigenvalue weighted by Gasteiger charge is 2.21. The SMILES string of the molecule is CN(CC1CCCOC1)C(=O)c1ccc([N+](=O)[O-])c(Cl)c1. The van der Waals surface area contributed by atoms with Crippen molar-refractivity contribution in [1.82, 2.24) is 4.90 Å². The monoisotopic (exact) mass is 312 g/mol. The molecule has 0 N–H and O–H groups in total. The molecule has 1 aromatic rings. The van der Waals surface area contributed by atoms with Crippen molar-refractivity contribution >= 4 is 23.2 Å². The number of nitro benzene ring substituents is 1. The van der Waals surface area contributed by atoms with E-state index >= 15 is 0 Å². The Morgan fingerprint density at radius 3 is 2.90 bits per heavy atom. The molecule has 1 aliphatic rings. The number of nitrogens with zero attached hydrogens (tertiary/aromatic N) is 2. The van der Waals surface area contributed by atoms with Gasteiger partial charge < -0.3 is 9.64 Å². The van der Waals surface area contributed by atoms with Crippen LogP contribution in [0.1, 0.15) is 23.2 Å². The maximum Gasteiger partial charge on any atom is 0.287 e. The third-order valence-corrected chi connectivity index (χ3v) is 3.83. The molecule has 1 heterocycles. The first-order valence-electron chi connectivity index (χ1n) is 6.76. The van der Waals surface area contributed by atoms with Crippen LogP contribution in [0.3, 0.4) is 0 Å². The Balaban J connectivity index is 2.04. The fourth-order valence-electron chi connectivity index (χ4n) is 2.43. The minimum atomic E-state index is -0.570. The second kappa shape index (κ2) is 6.87. The van der Waals surface area contributed by atoms with Crippen LogP contribution in [0.5, 0.6) is 0 Å². The van der Waals surface area contributed by atoms with Crippen LogP contribution in [-0.2, 0) is 4.74 Å². The molecule has 0 bridgehead atoms. The summed E-state index contributed by atoms with van der Waals surface area (Å²) in [4.78, 5) is 24.1. The third kappa shape index (κ3) is 3.92. The fraction of sp³-hybridized carbons (Fsp3) is 0.500. The van der Waals surface area contributed by atoms with E-state index in [1.807, 2.05) is 0 Å². The van der Waals surface area contributed by atoms with E-state index in [2.05, 4.69) is 0 Å². The Kier molecular flexibility index (Phi) is 5.14. The highest BCUT2D eigenvalue weighted by Crippen LogP contribution is 2.25. The molecule has 0 saturated carbocycles. The molecule has 1 aromatic carbocycles. The molecule has 2 rings (SSSR count). The lowest BCUT2D eigenvalue weighted by Crippen LogP contribution is -2.35. The number of rotatable bonds is 4. The van der Waals surface area contributed by atoms with Crippen LogP contribution in [0.15, 0.2) is 18.2 Å². The quantitative estimate of drug-likeness (QED) is 0.633. The minimum absolute atomic E-state index is 0.0275. The maximum atomic E-state index is 12.3. The van der Waals surface area contributed by atoms with Crippen LogP contribution >= 0.6 is 11.6 Å². The third-order valence-electron chi connectivity index (χ3n) is 3.52. The number of benzene rings is 1. The minimum Gasteiger partial charge on any atom is -0.381 e. The highest BCUT2D eigenvalue weighted by molar-refractivity contribution is 6.33. The van der Waals surface area contributed by atoms with Gasteiger partial charge >= 0.3 is 0 Å². The zero-order chi connectivity index (χ0) is 15.4. The number of hydrogen-bond donors (Lipinski definition) is 0. The van der Waals surface area contributed by atoms with Crippen molar-refractivity contribution in [2.75, 3.05) is 26.8 Å². The number of ether oxygens (including phenoxy) is 1. The lowest BCUT2D eigenvalue weighted by molar-refractivity contribution is -0.384. The second-order valence-corrected chi connectivity index (χ2v) is 5.60. The van der Waals surface area contributed by atoms with E-state index in [-0.39, 0.29) is 16.6 Å². The zero-order valence-corrected chi connectivity index (χ0v) is 12.5. The lowest BCUT2D eigenvalue weighted by Gasteiger charge is -2.27. The van der Waals surface area contributed by atoms with Crippen LogP contribution in [0.4, 0.5) is 5.69 Å². The molecule has 114 valence electrons. The van der Waals surface area contributed by atoms with Gasteiger partial charge in [-0.25, -0.2) is 0 Å². The number of nitro groups is 1. The van der Waals surface area contributed by atoms with E-state index in [1.54, 1.807) is 11.9 Å². The van der Waals surface area contributed by atoms with Gasteiger partial charge in [0.1, 0.15) is 5.02 Å². The van der Waals surface area contributed by atoms with Gasteiger partial charge in [0.05, 0.1) is 11.5 Å². The van der Waals surface area contributed by atoms with E-state index in [0.29, 0.717) is 24.6 Å². The van der Waals surface area contributed by atoms with E-state index in [9.17, 15) is 14.9 Å². The Hall–Kier alpha value is -1.66. The Morgan fingerprint density at radius 2 is 2.33 bits per heavy atom. The van der Waals surface area contributed by atoms with Crippen molar-refractivity contribution in [2.45, 2.75) is 12.8 Å². The van der Waals surface area contributed by atoms with Crippen molar-refractivity contribution < 1.29 is 14.5 Å². The largest absolute Gasteiger partial charge is 0.381 e. The summed E-state index contributed by atoms with van der Waals surface area (Å²) in [6, 6.07) is 4.03. The van der Waals surface area contributed by atoms with Crippen molar-refractivity contribution in [3.05, 3.63) is 38.9 Å². The van der Waals surface area contributed by atoms with Crippen molar-refractivity contribution in [3.8, 4) is 0 Å². The van der Waals surface area contributed by atoms with E-state index in [1.165, 1.54) is 18.2 Å².